The second kappa shape index (κ2) is 11.8. The lowest BCUT2D eigenvalue weighted by Gasteiger charge is -2.12. The fourth-order valence-corrected chi connectivity index (χ4v) is 2.25. The topological polar surface area (TPSA) is 71.7 Å². The van der Waals surface area contributed by atoms with Gasteiger partial charge in [0.1, 0.15) is 11.6 Å². The van der Waals surface area contributed by atoms with Crippen LogP contribution in [-0.2, 0) is 13.1 Å². The van der Waals surface area contributed by atoms with Crippen molar-refractivity contribution >= 4 is 29.9 Å². The van der Waals surface area contributed by atoms with Crippen molar-refractivity contribution < 1.29 is 22.4 Å². The number of benzene rings is 1. The van der Waals surface area contributed by atoms with Crippen LogP contribution in [0.4, 0.5) is 13.2 Å². The second-order valence-corrected chi connectivity index (χ2v) is 6.02. The minimum Gasteiger partial charge on any atom is -0.434 e. The van der Waals surface area contributed by atoms with Gasteiger partial charge < -0.3 is 19.9 Å². The number of halogens is 4. The Bertz CT molecular complexity index is 769. The molecule has 0 aliphatic heterocycles. The summed E-state index contributed by atoms with van der Waals surface area (Å²) in [6, 6.07) is 5.60. The summed E-state index contributed by atoms with van der Waals surface area (Å²) in [5.41, 5.74) is 0.797. The number of aliphatic imine (C=N–C) groups is 1. The van der Waals surface area contributed by atoms with E-state index in [1.165, 1.54) is 18.2 Å². The van der Waals surface area contributed by atoms with Crippen LogP contribution in [-0.4, -0.2) is 24.3 Å². The summed E-state index contributed by atoms with van der Waals surface area (Å²) in [5.74, 6) is 0.354. The van der Waals surface area contributed by atoms with Crippen LogP contribution >= 0.6 is 24.0 Å². The zero-order valence-electron chi connectivity index (χ0n) is 15.8. The summed E-state index contributed by atoms with van der Waals surface area (Å²) in [6.45, 7) is 3.57. The predicted molar refractivity (Wildman–Crippen MR) is 111 cm³/mol. The molecule has 0 saturated carbocycles. The quantitative estimate of drug-likeness (QED) is 0.312. The standard InChI is InChI=1S/C18H23F3N4O2.HI/c1-4-22-18(23-9-12-8-15(11(2)3)25-27-12)24-10-13-14(19)6-5-7-16(13)26-17(20)21;/h5-8,11,17H,4,9-10H2,1-3H3,(H2,22,23,24);1H. The van der Waals surface area contributed by atoms with Crippen molar-refractivity contribution in [1.29, 1.82) is 0 Å². The molecule has 2 N–H and O–H groups in total. The average molecular weight is 512 g/mol. The number of hydrogen-bond acceptors (Lipinski definition) is 4. The summed E-state index contributed by atoms with van der Waals surface area (Å²) < 4.78 is 48.6. The largest absolute Gasteiger partial charge is 0.434 e. The number of guanidine groups is 1. The zero-order chi connectivity index (χ0) is 19.8. The molecule has 1 aromatic heterocycles. The van der Waals surface area contributed by atoms with Gasteiger partial charge in [-0.3, -0.25) is 0 Å². The van der Waals surface area contributed by atoms with Gasteiger partial charge >= 0.3 is 6.61 Å². The van der Waals surface area contributed by atoms with E-state index in [0.717, 1.165) is 5.69 Å². The van der Waals surface area contributed by atoms with Crippen LogP contribution in [0.2, 0.25) is 0 Å². The van der Waals surface area contributed by atoms with E-state index >= 15 is 0 Å². The molecule has 1 heterocycles. The highest BCUT2D eigenvalue weighted by Gasteiger charge is 2.14. The van der Waals surface area contributed by atoms with Crippen molar-refractivity contribution in [2.45, 2.75) is 46.4 Å². The molecular weight excluding hydrogens is 488 g/mol. The molecule has 6 nitrogen and oxygen atoms in total. The van der Waals surface area contributed by atoms with Crippen LogP contribution in [0.15, 0.2) is 33.8 Å². The molecule has 0 amide bonds. The van der Waals surface area contributed by atoms with Crippen molar-refractivity contribution in [1.82, 2.24) is 15.8 Å². The fraction of sp³-hybridized carbons (Fsp3) is 0.444. The maximum absolute atomic E-state index is 14.0. The number of ether oxygens (including phenoxy) is 1. The SMILES string of the molecule is CCNC(=NCc1c(F)cccc1OC(F)F)NCc1cc(C(C)C)no1.I. The molecule has 0 radical (unpaired) electrons. The summed E-state index contributed by atoms with van der Waals surface area (Å²) in [4.78, 5) is 4.24. The first-order chi connectivity index (χ1) is 12.9. The van der Waals surface area contributed by atoms with Crippen molar-refractivity contribution in [3.63, 3.8) is 0 Å². The average Bonchev–Trinajstić information content (AvgIpc) is 3.08. The smallest absolute Gasteiger partial charge is 0.387 e. The lowest BCUT2D eigenvalue weighted by Crippen LogP contribution is -2.36. The molecule has 0 aliphatic carbocycles. The minimum absolute atomic E-state index is 0. The van der Waals surface area contributed by atoms with E-state index in [9.17, 15) is 13.2 Å². The summed E-state index contributed by atoms with van der Waals surface area (Å²) in [6.07, 6.45) is 0. The number of alkyl halides is 2. The highest BCUT2D eigenvalue weighted by molar-refractivity contribution is 14.0. The molecule has 0 atom stereocenters. The third-order valence-corrected chi connectivity index (χ3v) is 3.63. The molecule has 10 heteroatoms. The Kier molecular flexibility index (Phi) is 10.1. The van der Waals surface area contributed by atoms with Gasteiger partial charge in [0, 0.05) is 12.6 Å². The van der Waals surface area contributed by atoms with Crippen LogP contribution in [0.25, 0.3) is 0 Å². The molecule has 0 aliphatic rings. The summed E-state index contributed by atoms with van der Waals surface area (Å²) in [7, 11) is 0. The van der Waals surface area contributed by atoms with E-state index in [4.69, 9.17) is 4.52 Å². The van der Waals surface area contributed by atoms with E-state index < -0.39 is 12.4 Å². The molecule has 0 spiro atoms. The van der Waals surface area contributed by atoms with E-state index in [2.05, 4.69) is 25.5 Å². The molecule has 2 rings (SSSR count). The van der Waals surface area contributed by atoms with Gasteiger partial charge in [0.25, 0.3) is 0 Å². The Balaban J connectivity index is 0.00000392. The number of rotatable bonds is 8. The molecule has 0 fully saturated rings. The third-order valence-electron chi connectivity index (χ3n) is 3.63. The van der Waals surface area contributed by atoms with Crippen LogP contribution in [0, 0.1) is 5.82 Å². The summed E-state index contributed by atoms with van der Waals surface area (Å²) in [5, 5.41) is 10.0. The Labute approximate surface area is 178 Å². The van der Waals surface area contributed by atoms with Gasteiger partial charge in [-0.2, -0.15) is 8.78 Å². The number of hydrogen-bond donors (Lipinski definition) is 2. The minimum atomic E-state index is -3.04. The Hall–Kier alpha value is -1.98. The van der Waals surface area contributed by atoms with Gasteiger partial charge in [-0.25, -0.2) is 9.38 Å². The third kappa shape index (κ3) is 7.21. The molecule has 0 saturated heterocycles. The first kappa shape index (κ1) is 24.1. The van der Waals surface area contributed by atoms with Crippen molar-refractivity contribution in [2.75, 3.05) is 6.54 Å². The molecule has 28 heavy (non-hydrogen) atoms. The van der Waals surface area contributed by atoms with Crippen LogP contribution in [0.5, 0.6) is 5.75 Å². The first-order valence-corrected chi connectivity index (χ1v) is 8.60. The van der Waals surface area contributed by atoms with Gasteiger partial charge in [-0.1, -0.05) is 25.1 Å². The van der Waals surface area contributed by atoms with Gasteiger partial charge in [-0.05, 0) is 25.0 Å². The molecule has 0 bridgehead atoms. The lowest BCUT2D eigenvalue weighted by atomic mass is 10.1. The van der Waals surface area contributed by atoms with Gasteiger partial charge in [0.15, 0.2) is 11.7 Å². The van der Waals surface area contributed by atoms with Crippen LogP contribution in [0.1, 0.15) is 43.7 Å². The highest BCUT2D eigenvalue weighted by atomic mass is 127. The fourth-order valence-electron chi connectivity index (χ4n) is 2.25. The second-order valence-electron chi connectivity index (χ2n) is 6.02. The van der Waals surface area contributed by atoms with Crippen molar-refractivity contribution in [3.05, 3.63) is 47.1 Å². The van der Waals surface area contributed by atoms with E-state index in [1.54, 1.807) is 0 Å². The Morgan fingerprint density at radius 3 is 2.64 bits per heavy atom. The summed E-state index contributed by atoms with van der Waals surface area (Å²) >= 11 is 0. The molecule has 1 aromatic carbocycles. The number of nitrogens with zero attached hydrogens (tertiary/aromatic N) is 2. The van der Waals surface area contributed by atoms with Crippen molar-refractivity contribution in [2.24, 2.45) is 4.99 Å². The Morgan fingerprint density at radius 1 is 1.29 bits per heavy atom. The van der Waals surface area contributed by atoms with E-state index in [1.807, 2.05) is 26.8 Å². The predicted octanol–water partition coefficient (Wildman–Crippen LogP) is 4.41. The normalized spacial score (nSPS) is 11.5. The number of aromatic nitrogens is 1. The van der Waals surface area contributed by atoms with Gasteiger partial charge in [0.05, 0.1) is 24.3 Å². The maximum Gasteiger partial charge on any atom is 0.387 e. The van der Waals surface area contributed by atoms with Gasteiger partial charge in [-0.15, -0.1) is 24.0 Å². The zero-order valence-corrected chi connectivity index (χ0v) is 18.2. The van der Waals surface area contributed by atoms with Crippen LogP contribution < -0.4 is 15.4 Å². The van der Waals surface area contributed by atoms with Crippen LogP contribution in [0.3, 0.4) is 0 Å². The molecule has 2 aromatic rings. The molecule has 156 valence electrons. The number of nitrogens with one attached hydrogen (secondary N) is 2. The van der Waals surface area contributed by atoms with E-state index in [-0.39, 0.29) is 47.8 Å². The lowest BCUT2D eigenvalue weighted by molar-refractivity contribution is -0.0506. The Morgan fingerprint density at radius 2 is 2.04 bits per heavy atom. The maximum atomic E-state index is 14.0. The molecule has 0 unspecified atom stereocenters. The van der Waals surface area contributed by atoms with E-state index in [0.29, 0.717) is 24.8 Å². The monoisotopic (exact) mass is 512 g/mol. The highest BCUT2D eigenvalue weighted by Crippen LogP contribution is 2.24. The van der Waals surface area contributed by atoms with Gasteiger partial charge in [0.2, 0.25) is 0 Å². The van der Waals surface area contributed by atoms with Crippen molar-refractivity contribution in [3.8, 4) is 5.75 Å². The first-order valence-electron chi connectivity index (χ1n) is 8.60. The molecular formula is C18H24F3IN4O2.